The van der Waals surface area contributed by atoms with Crippen LogP contribution in [-0.2, 0) is 6.54 Å². The molecule has 0 unspecified atom stereocenters. The molecule has 0 aliphatic heterocycles. The molecule has 2 aromatic carbocycles. The number of carbonyl (C=O) groups excluding carboxylic acids is 1. The molecule has 6 nitrogen and oxygen atoms in total. The van der Waals surface area contributed by atoms with Gasteiger partial charge in [-0.05, 0) is 36.8 Å². The van der Waals surface area contributed by atoms with Crippen LogP contribution in [0.5, 0.6) is 5.75 Å². The summed E-state index contributed by atoms with van der Waals surface area (Å²) in [5, 5.41) is 12.4. The van der Waals surface area contributed by atoms with Crippen molar-refractivity contribution in [3.05, 3.63) is 66.0 Å². The van der Waals surface area contributed by atoms with Gasteiger partial charge in [0.25, 0.3) is 5.91 Å². The Labute approximate surface area is 169 Å². The van der Waals surface area contributed by atoms with Crippen molar-refractivity contribution in [1.82, 2.24) is 20.1 Å². The van der Waals surface area contributed by atoms with E-state index in [9.17, 15) is 4.79 Å². The number of para-hydroxylation sites is 1. The van der Waals surface area contributed by atoms with Gasteiger partial charge in [0.1, 0.15) is 5.75 Å². The van der Waals surface area contributed by atoms with E-state index in [1.807, 2.05) is 41.0 Å². The predicted octanol–water partition coefficient (Wildman–Crippen LogP) is 4.10. The smallest absolute Gasteiger partial charge is 0.251 e. The van der Waals surface area contributed by atoms with Crippen molar-refractivity contribution in [3.8, 4) is 11.4 Å². The molecule has 0 radical (unpaired) electrons. The van der Waals surface area contributed by atoms with Gasteiger partial charge in [0.05, 0.1) is 13.7 Å². The second kappa shape index (κ2) is 9.94. The van der Waals surface area contributed by atoms with Crippen LogP contribution in [0.2, 0.25) is 0 Å². The maximum atomic E-state index is 12.5. The zero-order chi connectivity index (χ0) is 19.8. The highest BCUT2D eigenvalue weighted by atomic mass is 32.2. The molecule has 0 bridgehead atoms. The number of benzene rings is 2. The van der Waals surface area contributed by atoms with Crippen molar-refractivity contribution in [1.29, 1.82) is 0 Å². The Balaban J connectivity index is 1.78. The van der Waals surface area contributed by atoms with Gasteiger partial charge in [-0.1, -0.05) is 49.4 Å². The van der Waals surface area contributed by atoms with Crippen LogP contribution in [-0.4, -0.2) is 33.5 Å². The predicted molar refractivity (Wildman–Crippen MR) is 111 cm³/mol. The maximum absolute atomic E-state index is 12.5. The molecule has 28 heavy (non-hydrogen) atoms. The van der Waals surface area contributed by atoms with E-state index in [1.165, 1.54) is 0 Å². The van der Waals surface area contributed by atoms with E-state index in [0.717, 1.165) is 29.4 Å². The van der Waals surface area contributed by atoms with Gasteiger partial charge in [0.2, 0.25) is 0 Å². The van der Waals surface area contributed by atoms with Crippen molar-refractivity contribution in [2.45, 2.75) is 31.5 Å². The number of carbonyl (C=O) groups is 1. The zero-order valence-corrected chi connectivity index (χ0v) is 16.9. The van der Waals surface area contributed by atoms with Gasteiger partial charge in [-0.15, -0.1) is 10.2 Å². The van der Waals surface area contributed by atoms with Gasteiger partial charge >= 0.3 is 0 Å². The van der Waals surface area contributed by atoms with Crippen LogP contribution in [0.1, 0.15) is 35.9 Å². The van der Waals surface area contributed by atoms with Crippen LogP contribution < -0.4 is 10.1 Å². The average molecular weight is 397 g/mol. The summed E-state index contributed by atoms with van der Waals surface area (Å²) in [6, 6.07) is 17.0. The van der Waals surface area contributed by atoms with Gasteiger partial charge in [-0.3, -0.25) is 9.36 Å². The van der Waals surface area contributed by atoms with E-state index in [0.29, 0.717) is 17.1 Å². The SMILES string of the molecule is CCCCSc1nnc(CNC(=O)c2cccc(OC)c2)n1-c1ccccc1. The van der Waals surface area contributed by atoms with Gasteiger partial charge in [0.15, 0.2) is 11.0 Å². The molecule has 0 aliphatic rings. The lowest BCUT2D eigenvalue weighted by Crippen LogP contribution is -2.24. The Hall–Kier alpha value is -2.80. The lowest BCUT2D eigenvalue weighted by Gasteiger charge is -2.11. The van der Waals surface area contributed by atoms with E-state index < -0.39 is 0 Å². The topological polar surface area (TPSA) is 69.0 Å². The third-order valence-electron chi connectivity index (χ3n) is 4.18. The Morgan fingerprint density at radius 1 is 1.14 bits per heavy atom. The van der Waals surface area contributed by atoms with Gasteiger partial charge in [0, 0.05) is 17.0 Å². The summed E-state index contributed by atoms with van der Waals surface area (Å²) >= 11 is 1.68. The molecule has 0 saturated heterocycles. The molecule has 1 amide bonds. The lowest BCUT2D eigenvalue weighted by molar-refractivity contribution is 0.0949. The normalized spacial score (nSPS) is 10.6. The summed E-state index contributed by atoms with van der Waals surface area (Å²) in [6.45, 7) is 2.45. The quantitative estimate of drug-likeness (QED) is 0.436. The molecule has 1 N–H and O–H groups in total. The highest BCUT2D eigenvalue weighted by molar-refractivity contribution is 7.99. The first-order valence-corrected chi connectivity index (χ1v) is 10.3. The van der Waals surface area contributed by atoms with Crippen molar-refractivity contribution in [2.75, 3.05) is 12.9 Å². The number of unbranched alkanes of at least 4 members (excludes halogenated alkanes) is 1. The third-order valence-corrected chi connectivity index (χ3v) is 5.20. The van der Waals surface area contributed by atoms with Crippen LogP contribution in [0, 0.1) is 0 Å². The molecule has 146 valence electrons. The number of nitrogens with zero attached hydrogens (tertiary/aromatic N) is 3. The first-order valence-electron chi connectivity index (χ1n) is 9.27. The number of nitrogens with one attached hydrogen (secondary N) is 1. The average Bonchev–Trinajstić information content (AvgIpc) is 3.15. The molecule has 0 saturated carbocycles. The summed E-state index contributed by atoms with van der Waals surface area (Å²) in [5.74, 6) is 2.15. The Morgan fingerprint density at radius 3 is 2.71 bits per heavy atom. The maximum Gasteiger partial charge on any atom is 0.251 e. The van der Waals surface area contributed by atoms with E-state index in [1.54, 1.807) is 37.1 Å². The van der Waals surface area contributed by atoms with Crippen molar-refractivity contribution in [2.24, 2.45) is 0 Å². The van der Waals surface area contributed by atoms with Crippen molar-refractivity contribution >= 4 is 17.7 Å². The lowest BCUT2D eigenvalue weighted by atomic mass is 10.2. The monoisotopic (exact) mass is 396 g/mol. The minimum absolute atomic E-state index is 0.179. The highest BCUT2D eigenvalue weighted by Crippen LogP contribution is 2.23. The number of rotatable bonds is 9. The summed E-state index contributed by atoms with van der Waals surface area (Å²) in [6.07, 6.45) is 2.25. The molecule has 3 aromatic rings. The van der Waals surface area contributed by atoms with Crippen molar-refractivity contribution in [3.63, 3.8) is 0 Å². The number of ether oxygens (including phenoxy) is 1. The fraction of sp³-hybridized carbons (Fsp3) is 0.286. The number of hydrogen-bond acceptors (Lipinski definition) is 5. The molecular formula is C21H24N4O2S. The van der Waals surface area contributed by atoms with Crippen LogP contribution in [0.4, 0.5) is 0 Å². The van der Waals surface area contributed by atoms with Crippen LogP contribution in [0.3, 0.4) is 0 Å². The first kappa shape index (κ1) is 19.9. The van der Waals surface area contributed by atoms with Gasteiger partial charge < -0.3 is 10.1 Å². The number of thioether (sulfide) groups is 1. The Kier molecular flexibility index (Phi) is 7.08. The van der Waals surface area contributed by atoms with E-state index in [2.05, 4.69) is 22.4 Å². The number of amides is 1. The third kappa shape index (κ3) is 4.92. The second-order valence-corrected chi connectivity index (χ2v) is 7.25. The van der Waals surface area contributed by atoms with Crippen LogP contribution in [0.15, 0.2) is 59.8 Å². The molecule has 0 fully saturated rings. The largest absolute Gasteiger partial charge is 0.497 e. The summed E-state index contributed by atoms with van der Waals surface area (Å²) in [5.41, 5.74) is 1.53. The number of methoxy groups -OCH3 is 1. The summed E-state index contributed by atoms with van der Waals surface area (Å²) < 4.78 is 7.19. The molecule has 1 aromatic heterocycles. The fourth-order valence-corrected chi connectivity index (χ4v) is 3.73. The fourth-order valence-electron chi connectivity index (χ4n) is 2.68. The highest BCUT2D eigenvalue weighted by Gasteiger charge is 2.15. The van der Waals surface area contributed by atoms with Crippen LogP contribution in [0.25, 0.3) is 5.69 Å². The standard InChI is InChI=1S/C21H24N4O2S/c1-3-4-13-28-21-24-23-19(25(21)17-10-6-5-7-11-17)15-22-20(26)16-9-8-12-18(14-16)27-2/h5-12,14H,3-4,13,15H2,1-2H3,(H,22,26). The number of hydrogen-bond donors (Lipinski definition) is 1. The molecule has 0 spiro atoms. The van der Waals surface area contributed by atoms with E-state index >= 15 is 0 Å². The second-order valence-electron chi connectivity index (χ2n) is 6.19. The van der Waals surface area contributed by atoms with Crippen molar-refractivity contribution < 1.29 is 9.53 Å². The van der Waals surface area contributed by atoms with E-state index in [-0.39, 0.29) is 12.5 Å². The molecule has 0 aliphatic carbocycles. The molecule has 7 heteroatoms. The summed E-state index contributed by atoms with van der Waals surface area (Å²) in [7, 11) is 1.58. The molecule has 0 atom stereocenters. The van der Waals surface area contributed by atoms with Gasteiger partial charge in [-0.25, -0.2) is 0 Å². The van der Waals surface area contributed by atoms with Gasteiger partial charge in [-0.2, -0.15) is 0 Å². The van der Waals surface area contributed by atoms with E-state index in [4.69, 9.17) is 4.74 Å². The molecule has 1 heterocycles. The zero-order valence-electron chi connectivity index (χ0n) is 16.1. The number of aromatic nitrogens is 3. The Bertz CT molecular complexity index is 912. The minimum atomic E-state index is -0.179. The Morgan fingerprint density at radius 2 is 1.96 bits per heavy atom. The molecular weight excluding hydrogens is 372 g/mol. The summed E-state index contributed by atoms with van der Waals surface area (Å²) in [4.78, 5) is 12.5. The van der Waals surface area contributed by atoms with Crippen LogP contribution >= 0.6 is 11.8 Å². The minimum Gasteiger partial charge on any atom is -0.497 e. The molecule has 3 rings (SSSR count). The first-order chi connectivity index (χ1) is 13.7.